The fourth-order valence-corrected chi connectivity index (χ4v) is 3.95. The van der Waals surface area contributed by atoms with Gasteiger partial charge >= 0.3 is 0 Å². The maximum atomic E-state index is 13.8. The highest BCUT2D eigenvalue weighted by Gasteiger charge is 2.18. The summed E-state index contributed by atoms with van der Waals surface area (Å²) < 4.78 is 21.6. The number of carbonyl (C=O) groups is 1. The molecule has 7 heteroatoms. The van der Waals surface area contributed by atoms with Crippen LogP contribution < -0.4 is 15.6 Å². The number of aryl methyl sites for hydroxylation is 4. The molecule has 0 unspecified atom stereocenters. The number of fused-ring (bicyclic) bond motifs is 1. The standard InChI is InChI=1S/C26H24FN3O3.CH4/c1-6-23(31)29-18-7-8-22(33-25-14(2)9-17(27)10-15(25)3)19(12-18)21-13-30(5)26(32)20-11-16(4)28-24(20)21;/h6-13,28H,1H2,2-5H3,(H,29,31);1H4. The number of anilines is 1. The van der Waals surface area contributed by atoms with Crippen LogP contribution in [0.15, 0.2) is 60.0 Å². The zero-order valence-corrected chi connectivity index (χ0v) is 18.9. The molecule has 0 fully saturated rings. The minimum absolute atomic E-state index is 0. The van der Waals surface area contributed by atoms with Crippen LogP contribution in [0.25, 0.3) is 22.0 Å². The number of aromatic amines is 1. The van der Waals surface area contributed by atoms with Crippen LogP contribution in [0.5, 0.6) is 11.5 Å². The lowest BCUT2D eigenvalue weighted by Gasteiger charge is -2.17. The molecule has 176 valence electrons. The highest BCUT2D eigenvalue weighted by Crippen LogP contribution is 2.40. The quantitative estimate of drug-likeness (QED) is 0.350. The number of amides is 1. The predicted molar refractivity (Wildman–Crippen MR) is 135 cm³/mol. The Hall–Kier alpha value is -4.13. The monoisotopic (exact) mass is 461 g/mol. The van der Waals surface area contributed by atoms with Crippen molar-refractivity contribution in [2.75, 3.05) is 5.32 Å². The van der Waals surface area contributed by atoms with Crippen molar-refractivity contribution in [1.29, 1.82) is 0 Å². The van der Waals surface area contributed by atoms with Crippen molar-refractivity contribution in [3.05, 3.63) is 88.2 Å². The van der Waals surface area contributed by atoms with Gasteiger partial charge < -0.3 is 19.6 Å². The van der Waals surface area contributed by atoms with Crippen molar-refractivity contribution in [3.63, 3.8) is 0 Å². The number of carbonyl (C=O) groups excluding carboxylic acids is 1. The minimum atomic E-state index is -0.346. The van der Waals surface area contributed by atoms with Crippen LogP contribution >= 0.6 is 0 Å². The fraction of sp³-hybridized carbons (Fsp3) is 0.185. The van der Waals surface area contributed by atoms with Crippen LogP contribution in [0, 0.1) is 26.6 Å². The second-order valence-corrected chi connectivity index (χ2v) is 8.07. The van der Waals surface area contributed by atoms with E-state index in [0.717, 1.165) is 11.3 Å². The van der Waals surface area contributed by atoms with Gasteiger partial charge in [0.15, 0.2) is 0 Å². The van der Waals surface area contributed by atoms with Crippen LogP contribution in [0.2, 0.25) is 0 Å². The van der Waals surface area contributed by atoms with Crippen LogP contribution in [-0.4, -0.2) is 15.5 Å². The van der Waals surface area contributed by atoms with E-state index in [1.54, 1.807) is 51.4 Å². The van der Waals surface area contributed by atoms with Gasteiger partial charge in [0.05, 0.1) is 10.9 Å². The van der Waals surface area contributed by atoms with Crippen LogP contribution in [0.4, 0.5) is 10.1 Å². The molecule has 0 saturated carbocycles. The molecule has 2 heterocycles. The van der Waals surface area contributed by atoms with E-state index in [0.29, 0.717) is 44.8 Å². The van der Waals surface area contributed by atoms with Gasteiger partial charge in [-0.2, -0.15) is 0 Å². The highest BCUT2D eigenvalue weighted by molar-refractivity contribution is 6.01. The van der Waals surface area contributed by atoms with Crippen molar-refractivity contribution < 1.29 is 13.9 Å². The number of halogens is 1. The first-order chi connectivity index (χ1) is 15.7. The van der Waals surface area contributed by atoms with Crippen LogP contribution in [0.3, 0.4) is 0 Å². The Labute approximate surface area is 197 Å². The topological polar surface area (TPSA) is 76.1 Å². The molecule has 0 aliphatic rings. The number of pyridine rings is 1. The summed E-state index contributed by atoms with van der Waals surface area (Å²) in [5, 5.41) is 3.31. The summed E-state index contributed by atoms with van der Waals surface area (Å²) in [6.07, 6.45) is 2.92. The Kier molecular flexibility index (Phi) is 6.77. The van der Waals surface area contributed by atoms with E-state index in [2.05, 4.69) is 16.9 Å². The van der Waals surface area contributed by atoms with Gasteiger partial charge in [0, 0.05) is 35.8 Å². The van der Waals surface area contributed by atoms with Crippen molar-refractivity contribution in [3.8, 4) is 22.6 Å². The van der Waals surface area contributed by atoms with E-state index < -0.39 is 0 Å². The van der Waals surface area contributed by atoms with Crippen molar-refractivity contribution in [1.82, 2.24) is 9.55 Å². The molecular formula is C27H28FN3O3. The Bertz CT molecular complexity index is 1460. The van der Waals surface area contributed by atoms with E-state index in [4.69, 9.17) is 4.74 Å². The molecule has 2 aromatic carbocycles. The first kappa shape index (κ1) is 24.5. The maximum Gasteiger partial charge on any atom is 0.259 e. The minimum Gasteiger partial charge on any atom is -0.456 e. The number of ether oxygens (including phenoxy) is 1. The Morgan fingerprint density at radius 2 is 1.79 bits per heavy atom. The zero-order chi connectivity index (χ0) is 23.9. The summed E-state index contributed by atoms with van der Waals surface area (Å²) in [6.45, 7) is 8.93. The maximum absolute atomic E-state index is 13.8. The SMILES string of the molecule is C.C=CC(=O)Nc1ccc(Oc2c(C)cc(F)cc2C)c(-c2cn(C)c(=O)c3cc(C)[nH]c23)c1. The third-order valence-corrected chi connectivity index (χ3v) is 5.45. The van der Waals surface area contributed by atoms with Crippen LogP contribution in [0.1, 0.15) is 24.2 Å². The average Bonchev–Trinajstić information content (AvgIpc) is 3.15. The van der Waals surface area contributed by atoms with Gasteiger partial charge in [0.2, 0.25) is 5.91 Å². The van der Waals surface area contributed by atoms with Crippen molar-refractivity contribution in [2.24, 2.45) is 7.05 Å². The number of nitrogens with zero attached hydrogens (tertiary/aromatic N) is 1. The smallest absolute Gasteiger partial charge is 0.259 e. The summed E-state index contributed by atoms with van der Waals surface area (Å²) >= 11 is 0. The molecule has 34 heavy (non-hydrogen) atoms. The normalized spacial score (nSPS) is 10.6. The molecule has 2 N–H and O–H groups in total. The second kappa shape index (κ2) is 9.39. The molecule has 0 aliphatic heterocycles. The number of hydrogen-bond acceptors (Lipinski definition) is 3. The van der Waals surface area contributed by atoms with Gasteiger partial charge in [-0.05, 0) is 74.4 Å². The molecule has 0 radical (unpaired) electrons. The molecular weight excluding hydrogens is 433 g/mol. The molecule has 4 aromatic rings. The first-order valence-electron chi connectivity index (χ1n) is 10.4. The van der Waals surface area contributed by atoms with E-state index in [1.807, 2.05) is 6.92 Å². The van der Waals surface area contributed by atoms with E-state index in [9.17, 15) is 14.0 Å². The zero-order valence-electron chi connectivity index (χ0n) is 18.9. The molecule has 0 bridgehead atoms. The summed E-state index contributed by atoms with van der Waals surface area (Å²) in [5.74, 6) is 0.365. The summed E-state index contributed by atoms with van der Waals surface area (Å²) in [6, 6.07) is 9.87. The van der Waals surface area contributed by atoms with Crippen molar-refractivity contribution in [2.45, 2.75) is 28.2 Å². The summed E-state index contributed by atoms with van der Waals surface area (Å²) in [7, 11) is 1.69. The van der Waals surface area contributed by atoms with Crippen LogP contribution in [-0.2, 0) is 11.8 Å². The van der Waals surface area contributed by atoms with E-state index in [1.165, 1.54) is 22.8 Å². The third kappa shape index (κ3) is 4.50. The summed E-state index contributed by atoms with van der Waals surface area (Å²) in [4.78, 5) is 27.8. The molecule has 0 saturated heterocycles. The Morgan fingerprint density at radius 1 is 1.12 bits per heavy atom. The lowest BCUT2D eigenvalue weighted by molar-refractivity contribution is -0.111. The number of benzene rings is 2. The molecule has 0 spiro atoms. The second-order valence-electron chi connectivity index (χ2n) is 8.07. The van der Waals surface area contributed by atoms with E-state index in [-0.39, 0.29) is 24.7 Å². The number of hydrogen-bond donors (Lipinski definition) is 2. The fourth-order valence-electron chi connectivity index (χ4n) is 3.95. The van der Waals surface area contributed by atoms with Gasteiger partial charge in [0.1, 0.15) is 17.3 Å². The van der Waals surface area contributed by atoms with E-state index >= 15 is 0 Å². The molecule has 0 atom stereocenters. The van der Waals surface area contributed by atoms with Gasteiger partial charge in [-0.3, -0.25) is 9.59 Å². The third-order valence-electron chi connectivity index (χ3n) is 5.45. The number of nitrogens with one attached hydrogen (secondary N) is 2. The average molecular weight is 462 g/mol. The molecule has 0 aliphatic carbocycles. The van der Waals surface area contributed by atoms with Gasteiger partial charge in [-0.15, -0.1) is 0 Å². The lowest BCUT2D eigenvalue weighted by Crippen LogP contribution is -2.16. The van der Waals surface area contributed by atoms with Gasteiger partial charge in [-0.25, -0.2) is 4.39 Å². The number of rotatable bonds is 5. The van der Waals surface area contributed by atoms with Crippen molar-refractivity contribution >= 4 is 22.5 Å². The lowest BCUT2D eigenvalue weighted by atomic mass is 10.0. The molecule has 6 nitrogen and oxygen atoms in total. The Morgan fingerprint density at radius 3 is 2.44 bits per heavy atom. The van der Waals surface area contributed by atoms with Gasteiger partial charge in [-0.1, -0.05) is 14.0 Å². The number of H-pyrrole nitrogens is 1. The van der Waals surface area contributed by atoms with Gasteiger partial charge in [0.25, 0.3) is 5.56 Å². The molecule has 4 rings (SSSR count). The molecule has 2 aromatic heterocycles. The highest BCUT2D eigenvalue weighted by atomic mass is 19.1. The predicted octanol–water partition coefficient (Wildman–Crippen LogP) is 6.15. The first-order valence-corrected chi connectivity index (χ1v) is 10.4. The molecule has 1 amide bonds. The Balaban J connectivity index is 0.00000324. The summed E-state index contributed by atoms with van der Waals surface area (Å²) in [5.41, 5.74) is 4.62. The number of aromatic nitrogens is 2. The largest absolute Gasteiger partial charge is 0.456 e.